The van der Waals surface area contributed by atoms with E-state index in [2.05, 4.69) is 25.9 Å². The molecule has 3 aromatic heterocycles. The molecule has 1 saturated heterocycles. The van der Waals surface area contributed by atoms with Crippen LogP contribution in [0.2, 0.25) is 0 Å². The minimum absolute atomic E-state index is 0.106. The van der Waals surface area contributed by atoms with Crippen LogP contribution in [0.1, 0.15) is 56.9 Å². The van der Waals surface area contributed by atoms with Crippen LogP contribution in [0.3, 0.4) is 0 Å². The Balaban J connectivity index is 1.36. The Morgan fingerprint density at radius 1 is 1.19 bits per heavy atom. The molecule has 0 aromatic carbocycles. The highest BCUT2D eigenvalue weighted by Crippen LogP contribution is 2.34. The minimum Gasteiger partial charge on any atom is -0.365 e. The molecule has 2 N–H and O–H groups in total. The summed E-state index contributed by atoms with van der Waals surface area (Å²) in [4.78, 5) is 26.2. The first-order chi connectivity index (χ1) is 15.7. The number of nitrogens with one attached hydrogen (secondary N) is 2. The zero-order valence-corrected chi connectivity index (χ0v) is 18.1. The van der Waals surface area contributed by atoms with E-state index >= 15 is 0 Å². The number of rotatable bonds is 7. The third-order valence-corrected chi connectivity index (χ3v) is 6.64. The van der Waals surface area contributed by atoms with Crippen LogP contribution in [0, 0.1) is 5.92 Å². The van der Waals surface area contributed by atoms with Gasteiger partial charge in [-0.2, -0.15) is 14.6 Å². The van der Waals surface area contributed by atoms with Gasteiger partial charge in [0.15, 0.2) is 17.0 Å². The van der Waals surface area contributed by atoms with E-state index in [-0.39, 0.29) is 12.1 Å². The number of aromatic nitrogens is 7. The van der Waals surface area contributed by atoms with E-state index in [1.54, 1.807) is 18.1 Å². The van der Waals surface area contributed by atoms with Crippen LogP contribution in [0.15, 0.2) is 12.5 Å². The van der Waals surface area contributed by atoms with Crippen molar-refractivity contribution in [1.82, 2.24) is 39.8 Å². The quantitative estimate of drug-likeness (QED) is 0.573. The van der Waals surface area contributed by atoms with Gasteiger partial charge in [0.1, 0.15) is 12.3 Å². The summed E-state index contributed by atoms with van der Waals surface area (Å²) in [5.41, 5.74) is 2.33. The molecule has 3 aliphatic rings. The molecular formula is C21H27N9O2. The first-order valence-corrected chi connectivity index (χ1v) is 11.5. The number of hydrogen-bond acceptors (Lipinski definition) is 8. The molecule has 2 atom stereocenters. The lowest BCUT2D eigenvalue weighted by atomic mass is 9.93. The van der Waals surface area contributed by atoms with Crippen molar-refractivity contribution in [2.45, 2.75) is 69.7 Å². The zero-order chi connectivity index (χ0) is 21.7. The molecule has 1 amide bonds. The number of fused-ring (bicyclic) bond motifs is 1. The van der Waals surface area contributed by atoms with Crippen molar-refractivity contribution >= 4 is 22.9 Å². The smallest absolute Gasteiger partial charge is 0.256 e. The Labute approximate surface area is 185 Å². The fraction of sp³-hybridized carbons (Fsp3) is 0.619. The molecule has 0 spiro atoms. The fourth-order valence-corrected chi connectivity index (χ4v) is 4.35. The molecule has 4 heterocycles. The molecule has 2 saturated carbocycles. The first kappa shape index (κ1) is 19.6. The average molecular weight is 438 g/mol. The van der Waals surface area contributed by atoms with Crippen molar-refractivity contribution in [3.05, 3.63) is 18.2 Å². The van der Waals surface area contributed by atoms with Gasteiger partial charge in [-0.1, -0.05) is 5.21 Å². The van der Waals surface area contributed by atoms with Crippen molar-refractivity contribution in [2.24, 2.45) is 5.92 Å². The number of amides is 1. The van der Waals surface area contributed by atoms with Crippen LogP contribution < -0.4 is 10.6 Å². The lowest BCUT2D eigenvalue weighted by Gasteiger charge is -2.27. The van der Waals surface area contributed by atoms with Crippen molar-refractivity contribution in [1.29, 1.82) is 0 Å². The van der Waals surface area contributed by atoms with E-state index < -0.39 is 6.10 Å². The van der Waals surface area contributed by atoms with Gasteiger partial charge in [-0.25, -0.2) is 4.98 Å². The lowest BCUT2D eigenvalue weighted by Crippen LogP contribution is -2.31. The van der Waals surface area contributed by atoms with E-state index in [9.17, 15) is 4.79 Å². The van der Waals surface area contributed by atoms with Gasteiger partial charge in [0.25, 0.3) is 5.95 Å². The lowest BCUT2D eigenvalue weighted by molar-refractivity contribution is -0.133. The van der Waals surface area contributed by atoms with Crippen LogP contribution in [0.5, 0.6) is 0 Å². The summed E-state index contributed by atoms with van der Waals surface area (Å²) in [5.74, 6) is 1.78. The zero-order valence-electron chi connectivity index (χ0n) is 18.1. The second kappa shape index (κ2) is 7.80. The van der Waals surface area contributed by atoms with Crippen LogP contribution in [-0.4, -0.2) is 59.6 Å². The van der Waals surface area contributed by atoms with Gasteiger partial charge in [-0.05, 0) is 57.3 Å². The van der Waals surface area contributed by atoms with Crippen LogP contribution >= 0.6 is 0 Å². The fourth-order valence-electron chi connectivity index (χ4n) is 4.35. The molecule has 11 nitrogen and oxygen atoms in total. The topological polar surface area (TPSA) is 125 Å². The number of carbonyl (C=O) groups excluding carboxylic acids is 1. The number of hydrogen-bond donors (Lipinski definition) is 2. The molecule has 1 aliphatic heterocycles. The van der Waals surface area contributed by atoms with Crippen LogP contribution in [0.4, 0.5) is 5.82 Å². The Bertz CT molecular complexity index is 1150. The maximum atomic E-state index is 12.0. The molecule has 3 aromatic rings. The largest absolute Gasteiger partial charge is 0.365 e. The second-order valence-electron chi connectivity index (χ2n) is 9.04. The average Bonchev–Trinajstić information content (AvgIpc) is 3.16. The summed E-state index contributed by atoms with van der Waals surface area (Å²) >= 11 is 0. The Kier molecular flexibility index (Phi) is 4.78. The number of nitrogens with zero attached hydrogens (tertiary/aromatic N) is 7. The van der Waals surface area contributed by atoms with Gasteiger partial charge in [0.2, 0.25) is 5.91 Å². The predicted molar refractivity (Wildman–Crippen MR) is 115 cm³/mol. The van der Waals surface area contributed by atoms with E-state index in [1.165, 1.54) is 19.3 Å². The molecule has 11 heteroatoms. The minimum atomic E-state index is -0.461. The molecular weight excluding hydrogens is 410 g/mol. The summed E-state index contributed by atoms with van der Waals surface area (Å²) in [6, 6.07) is 0.396. The summed E-state index contributed by atoms with van der Waals surface area (Å²) in [6.45, 7) is 0. The SMILES string of the molecule is CNC(=O)[C@@H]1CC[C@H](n2cnc3c(NC4CCC4)nc(-n4cc(CC5CC5)nn4)nc32)O1. The van der Waals surface area contributed by atoms with Gasteiger partial charge < -0.3 is 15.4 Å². The molecule has 2 aliphatic carbocycles. The van der Waals surface area contributed by atoms with Crippen molar-refractivity contribution in [3.63, 3.8) is 0 Å². The number of carbonyl (C=O) groups is 1. The second-order valence-corrected chi connectivity index (χ2v) is 9.04. The van der Waals surface area contributed by atoms with Gasteiger partial charge in [0, 0.05) is 13.1 Å². The van der Waals surface area contributed by atoms with E-state index in [0.717, 1.165) is 30.9 Å². The Morgan fingerprint density at radius 3 is 2.81 bits per heavy atom. The summed E-state index contributed by atoms with van der Waals surface area (Å²) in [6.07, 6.45) is 11.2. The highest BCUT2D eigenvalue weighted by atomic mass is 16.5. The maximum Gasteiger partial charge on any atom is 0.256 e. The Hall–Kier alpha value is -3.08. The van der Waals surface area contributed by atoms with Crippen molar-refractivity contribution < 1.29 is 9.53 Å². The first-order valence-electron chi connectivity index (χ1n) is 11.5. The molecule has 3 fully saturated rings. The monoisotopic (exact) mass is 437 g/mol. The van der Waals surface area contributed by atoms with Crippen LogP contribution in [-0.2, 0) is 16.0 Å². The molecule has 6 rings (SSSR count). The summed E-state index contributed by atoms with van der Waals surface area (Å²) in [5, 5.41) is 14.8. The van der Waals surface area contributed by atoms with E-state index in [4.69, 9.17) is 14.7 Å². The molecule has 0 unspecified atom stereocenters. The summed E-state index contributed by atoms with van der Waals surface area (Å²) in [7, 11) is 1.62. The van der Waals surface area contributed by atoms with Gasteiger partial charge in [-0.3, -0.25) is 9.36 Å². The highest BCUT2D eigenvalue weighted by Gasteiger charge is 2.33. The predicted octanol–water partition coefficient (Wildman–Crippen LogP) is 1.75. The van der Waals surface area contributed by atoms with Crippen molar-refractivity contribution in [2.75, 3.05) is 12.4 Å². The highest BCUT2D eigenvalue weighted by molar-refractivity contribution is 5.84. The van der Waals surface area contributed by atoms with Gasteiger partial charge >= 0.3 is 0 Å². The maximum absolute atomic E-state index is 12.0. The number of ether oxygens (including phenoxy) is 1. The standard InChI is InChI=1S/C21H27N9O2/c1-22-20(31)15-7-8-16(32-15)29-11-23-17-18(24-13-3-2-4-13)25-21(26-19(17)29)30-10-14(27-28-30)9-12-5-6-12/h10-13,15-16H,2-9H2,1H3,(H,22,31)(H,24,25,26)/t15-,16+/m0/s1. The van der Waals surface area contributed by atoms with Gasteiger partial charge in [-0.15, -0.1) is 5.10 Å². The molecule has 0 radical (unpaired) electrons. The number of imidazole rings is 1. The normalized spacial score (nSPS) is 23.4. The van der Waals surface area contributed by atoms with E-state index in [1.807, 2.05) is 10.8 Å². The Morgan fingerprint density at radius 2 is 2.06 bits per heavy atom. The molecule has 168 valence electrons. The van der Waals surface area contributed by atoms with E-state index in [0.29, 0.717) is 41.8 Å². The van der Waals surface area contributed by atoms with Crippen molar-refractivity contribution in [3.8, 4) is 5.95 Å². The molecule has 0 bridgehead atoms. The van der Waals surface area contributed by atoms with Gasteiger partial charge in [0.05, 0.1) is 18.2 Å². The third kappa shape index (κ3) is 3.60. The number of likely N-dealkylation sites (N-methyl/N-ethyl adjacent to an activating group) is 1. The third-order valence-electron chi connectivity index (χ3n) is 6.64. The van der Waals surface area contributed by atoms with Crippen LogP contribution in [0.25, 0.3) is 17.1 Å². The molecule has 32 heavy (non-hydrogen) atoms. The number of anilines is 1. The summed E-state index contributed by atoms with van der Waals surface area (Å²) < 4.78 is 9.56.